The Bertz CT molecular complexity index is 3140. The van der Waals surface area contributed by atoms with Gasteiger partial charge in [0.15, 0.2) is 0 Å². The van der Waals surface area contributed by atoms with Gasteiger partial charge in [-0.15, -0.1) is 22.7 Å². The van der Waals surface area contributed by atoms with E-state index in [1.165, 1.54) is 40.3 Å². The maximum Gasteiger partial charge on any atom is 0.0575 e. The smallest absolute Gasteiger partial charge is 0.0575 e. The average Bonchev–Trinajstić information content (AvgIpc) is 3.87. The van der Waals surface area contributed by atoms with Crippen LogP contribution in [-0.2, 0) is 0 Å². The van der Waals surface area contributed by atoms with Gasteiger partial charge in [-0.3, -0.25) is 0 Å². The lowest BCUT2D eigenvalue weighted by Crippen LogP contribution is -2.15. The molecule has 0 radical (unpaired) electrons. The van der Waals surface area contributed by atoms with Gasteiger partial charge in [-0.2, -0.15) is 0 Å². The lowest BCUT2D eigenvalue weighted by molar-refractivity contribution is 1.26. The predicted octanol–water partition coefficient (Wildman–Crippen LogP) is 16.8. The maximum atomic E-state index is 2.49. The normalized spacial score (nSPS) is 11.4. The molecule has 5 heteroatoms. The number of para-hydroxylation sites is 5. The molecule has 11 rings (SSSR count). The minimum Gasteiger partial charge on any atom is -0.310 e. The van der Waals surface area contributed by atoms with Gasteiger partial charge in [0.1, 0.15) is 0 Å². The van der Waals surface area contributed by atoms with Crippen LogP contribution in [0.25, 0.3) is 40.3 Å². The van der Waals surface area contributed by atoms with Gasteiger partial charge in [-0.1, -0.05) is 127 Å². The fraction of sp³-hybridized carbons (Fsp3) is 0. The van der Waals surface area contributed by atoms with Crippen molar-refractivity contribution >= 4 is 114 Å². The molecule has 0 saturated heterocycles. The molecule has 280 valence electrons. The van der Waals surface area contributed by atoms with Crippen LogP contribution in [-0.4, -0.2) is 0 Å². The van der Waals surface area contributed by atoms with E-state index in [1.807, 2.05) is 22.7 Å². The number of anilines is 9. The highest BCUT2D eigenvalue weighted by molar-refractivity contribution is 7.26. The molecule has 2 heterocycles. The van der Waals surface area contributed by atoms with Crippen LogP contribution < -0.4 is 14.7 Å². The molecule has 3 nitrogen and oxygen atoms in total. The van der Waals surface area contributed by atoms with Crippen molar-refractivity contribution in [2.75, 3.05) is 14.7 Å². The first-order valence-electron chi connectivity index (χ1n) is 19.8. The molecule has 0 spiro atoms. The second-order valence-electron chi connectivity index (χ2n) is 14.6. The lowest BCUT2D eigenvalue weighted by Gasteiger charge is -2.32. The number of fused-ring (bicyclic) bond motifs is 6. The van der Waals surface area contributed by atoms with Crippen LogP contribution in [0.3, 0.4) is 0 Å². The summed E-state index contributed by atoms with van der Waals surface area (Å²) in [6.45, 7) is 0. The van der Waals surface area contributed by atoms with Gasteiger partial charge in [0.05, 0.1) is 11.4 Å². The van der Waals surface area contributed by atoms with Gasteiger partial charge in [0, 0.05) is 80.2 Å². The van der Waals surface area contributed by atoms with E-state index in [0.29, 0.717) is 0 Å². The average molecular weight is 792 g/mol. The van der Waals surface area contributed by atoms with Crippen LogP contribution in [0.15, 0.2) is 224 Å². The Hall–Kier alpha value is -7.18. The molecular formula is C54H37N3S2. The van der Waals surface area contributed by atoms with Gasteiger partial charge >= 0.3 is 0 Å². The van der Waals surface area contributed by atoms with Crippen LogP contribution in [0.2, 0.25) is 0 Å². The van der Waals surface area contributed by atoms with Crippen molar-refractivity contribution in [1.82, 2.24) is 0 Å². The standard InChI is InChI=1S/C54H37N3S2/c1-6-20-38(21-7-1)55(39-22-8-2-9-23-39)43-34-48(54-46-31-17-19-33-50(46)58-51(54)36-43)57(42-28-14-5-15-29-42)44-35-47(53-45-30-16-18-32-49(45)59-52(53)37-44)56(40-24-10-3-11-25-40)41-26-12-4-13-27-41/h1-37H. The summed E-state index contributed by atoms with van der Waals surface area (Å²) >= 11 is 3.71. The third kappa shape index (κ3) is 6.29. The van der Waals surface area contributed by atoms with E-state index >= 15 is 0 Å². The van der Waals surface area contributed by atoms with Crippen LogP contribution >= 0.6 is 22.7 Å². The zero-order valence-electron chi connectivity index (χ0n) is 32.0. The molecule has 2 aromatic heterocycles. The summed E-state index contributed by atoms with van der Waals surface area (Å²) in [5.41, 5.74) is 9.93. The summed E-state index contributed by atoms with van der Waals surface area (Å²) in [7, 11) is 0. The van der Waals surface area contributed by atoms with Gasteiger partial charge in [-0.25, -0.2) is 0 Å². The number of benzene rings is 9. The first-order chi connectivity index (χ1) is 29.3. The topological polar surface area (TPSA) is 9.72 Å². The minimum atomic E-state index is 1.09. The molecule has 0 amide bonds. The van der Waals surface area contributed by atoms with Crippen molar-refractivity contribution in [1.29, 1.82) is 0 Å². The largest absolute Gasteiger partial charge is 0.310 e. The molecular weight excluding hydrogens is 755 g/mol. The van der Waals surface area contributed by atoms with Crippen molar-refractivity contribution in [3.05, 3.63) is 224 Å². The number of nitrogens with zero attached hydrogens (tertiary/aromatic N) is 3. The van der Waals surface area contributed by atoms with E-state index in [-0.39, 0.29) is 0 Å². The van der Waals surface area contributed by atoms with E-state index in [9.17, 15) is 0 Å². The van der Waals surface area contributed by atoms with Crippen LogP contribution in [0.4, 0.5) is 51.2 Å². The monoisotopic (exact) mass is 791 g/mol. The van der Waals surface area contributed by atoms with Crippen molar-refractivity contribution < 1.29 is 0 Å². The second kappa shape index (κ2) is 15.0. The molecule has 0 saturated carbocycles. The highest BCUT2D eigenvalue weighted by Gasteiger charge is 2.26. The van der Waals surface area contributed by atoms with Gasteiger partial charge in [0.2, 0.25) is 0 Å². The number of hydrogen-bond donors (Lipinski definition) is 0. The Labute approximate surface area is 351 Å². The number of thiophene rings is 2. The lowest BCUT2D eigenvalue weighted by atomic mass is 10.0. The summed E-state index contributed by atoms with van der Waals surface area (Å²) in [4.78, 5) is 7.29. The Morgan fingerprint density at radius 1 is 0.237 bits per heavy atom. The van der Waals surface area contributed by atoms with Crippen LogP contribution in [0.1, 0.15) is 0 Å². The summed E-state index contributed by atoms with van der Waals surface area (Å²) in [5.74, 6) is 0. The molecule has 0 aliphatic rings. The van der Waals surface area contributed by atoms with Gasteiger partial charge in [0.25, 0.3) is 0 Å². The summed E-state index contributed by atoms with van der Waals surface area (Å²) in [6.07, 6.45) is 0. The fourth-order valence-electron chi connectivity index (χ4n) is 8.43. The Balaban J connectivity index is 1.25. The molecule has 0 atom stereocenters. The Morgan fingerprint density at radius 2 is 0.525 bits per heavy atom. The second-order valence-corrected chi connectivity index (χ2v) is 16.7. The van der Waals surface area contributed by atoms with Crippen molar-refractivity contribution in [2.45, 2.75) is 0 Å². The summed E-state index contributed by atoms with van der Waals surface area (Å²) < 4.78 is 4.99. The highest BCUT2D eigenvalue weighted by atomic mass is 32.1. The van der Waals surface area contributed by atoms with Crippen LogP contribution in [0, 0.1) is 0 Å². The summed E-state index contributed by atoms with van der Waals surface area (Å²) in [5, 5.41) is 4.99. The first-order valence-corrected chi connectivity index (χ1v) is 21.5. The van der Waals surface area contributed by atoms with E-state index < -0.39 is 0 Å². The Kier molecular flexibility index (Phi) is 8.88. The molecule has 9 aromatic carbocycles. The molecule has 0 bridgehead atoms. The van der Waals surface area contributed by atoms with Crippen molar-refractivity contribution in [3.8, 4) is 0 Å². The van der Waals surface area contributed by atoms with Crippen molar-refractivity contribution in [2.24, 2.45) is 0 Å². The molecule has 0 aliphatic heterocycles. The quantitative estimate of drug-likeness (QED) is 0.144. The van der Waals surface area contributed by atoms with Crippen molar-refractivity contribution in [3.63, 3.8) is 0 Å². The molecule has 11 aromatic rings. The van der Waals surface area contributed by atoms with Crippen LogP contribution in [0.5, 0.6) is 0 Å². The third-order valence-electron chi connectivity index (χ3n) is 11.0. The number of hydrogen-bond acceptors (Lipinski definition) is 5. The zero-order chi connectivity index (χ0) is 39.1. The summed E-state index contributed by atoms with van der Waals surface area (Å²) in [6, 6.07) is 81.1. The molecule has 0 N–H and O–H groups in total. The first kappa shape index (κ1) is 35.0. The maximum absolute atomic E-state index is 2.49. The Morgan fingerprint density at radius 3 is 0.898 bits per heavy atom. The highest BCUT2D eigenvalue weighted by Crippen LogP contribution is 2.52. The van der Waals surface area contributed by atoms with Gasteiger partial charge < -0.3 is 14.7 Å². The minimum absolute atomic E-state index is 1.09. The fourth-order valence-corrected chi connectivity index (χ4v) is 10.8. The molecule has 0 unspecified atom stereocenters. The van der Waals surface area contributed by atoms with Gasteiger partial charge in [-0.05, 0) is 97.1 Å². The molecule has 59 heavy (non-hydrogen) atoms. The molecule has 0 aliphatic carbocycles. The van der Waals surface area contributed by atoms with E-state index in [2.05, 4.69) is 239 Å². The molecule has 0 fully saturated rings. The SMILES string of the molecule is c1ccc(N(c2ccccc2)c2cc(N(c3ccccc3)c3cc(N(c4ccccc4)c4ccccc4)c4c(c3)sc3ccccc34)c3c(c2)sc2ccccc23)cc1. The zero-order valence-corrected chi connectivity index (χ0v) is 33.7. The van der Waals surface area contributed by atoms with E-state index in [4.69, 9.17) is 0 Å². The van der Waals surface area contributed by atoms with E-state index in [1.54, 1.807) is 0 Å². The van der Waals surface area contributed by atoms with E-state index in [0.717, 1.165) is 51.2 Å². The third-order valence-corrected chi connectivity index (χ3v) is 13.2. The number of rotatable bonds is 9. The predicted molar refractivity (Wildman–Crippen MR) is 256 cm³/mol.